The van der Waals surface area contributed by atoms with Gasteiger partial charge < -0.3 is 47.8 Å². The van der Waals surface area contributed by atoms with Gasteiger partial charge in [0, 0.05) is 12.8 Å². The van der Waals surface area contributed by atoms with Crippen LogP contribution in [0.5, 0.6) is 5.75 Å². The number of carboxylic acid groups (broad SMARTS) is 1. The highest BCUT2D eigenvalue weighted by molar-refractivity contribution is 5.94. The highest BCUT2D eigenvalue weighted by Gasteiger charge is 2.33. The van der Waals surface area contributed by atoms with Crippen LogP contribution in [0.3, 0.4) is 0 Å². The van der Waals surface area contributed by atoms with Crippen molar-refractivity contribution in [2.45, 2.75) is 69.5 Å². The first-order chi connectivity index (χ1) is 16.7. The molecule has 1 aromatic rings. The van der Waals surface area contributed by atoms with Crippen LogP contribution in [0.25, 0.3) is 0 Å². The number of aliphatic hydroxyl groups is 2. The molecule has 0 saturated heterocycles. The summed E-state index contributed by atoms with van der Waals surface area (Å²) in [6.45, 7) is 2.47. The van der Waals surface area contributed by atoms with E-state index in [2.05, 4.69) is 16.0 Å². The summed E-state index contributed by atoms with van der Waals surface area (Å²) < 4.78 is 0. The smallest absolute Gasteiger partial charge is 0.326 e. The Morgan fingerprint density at radius 1 is 0.861 bits per heavy atom. The Bertz CT molecular complexity index is 936. The lowest BCUT2D eigenvalue weighted by atomic mass is 10.0. The van der Waals surface area contributed by atoms with Gasteiger partial charge >= 0.3 is 5.97 Å². The number of carboxylic acids is 1. The zero-order valence-corrected chi connectivity index (χ0v) is 19.9. The van der Waals surface area contributed by atoms with Gasteiger partial charge in [0.05, 0.1) is 12.2 Å². The van der Waals surface area contributed by atoms with E-state index in [-0.39, 0.29) is 25.0 Å². The van der Waals surface area contributed by atoms with Crippen LogP contribution in [-0.2, 0) is 30.4 Å². The zero-order chi connectivity index (χ0) is 27.6. The van der Waals surface area contributed by atoms with Crippen molar-refractivity contribution in [1.29, 1.82) is 0 Å². The molecule has 0 spiro atoms. The summed E-state index contributed by atoms with van der Waals surface area (Å²) in [6.07, 6.45) is -3.45. The molecule has 4 amide bonds. The van der Waals surface area contributed by atoms with E-state index in [9.17, 15) is 44.4 Å². The van der Waals surface area contributed by atoms with Crippen molar-refractivity contribution in [3.8, 4) is 5.75 Å². The van der Waals surface area contributed by atoms with Crippen molar-refractivity contribution in [2.75, 3.05) is 0 Å². The Morgan fingerprint density at radius 2 is 1.42 bits per heavy atom. The molecule has 0 aromatic heterocycles. The summed E-state index contributed by atoms with van der Waals surface area (Å²) >= 11 is 0. The predicted octanol–water partition coefficient (Wildman–Crippen LogP) is -3.17. The molecule has 11 N–H and O–H groups in total. The van der Waals surface area contributed by atoms with Crippen LogP contribution >= 0.6 is 0 Å². The predicted molar refractivity (Wildman–Crippen MR) is 125 cm³/mol. The van der Waals surface area contributed by atoms with Gasteiger partial charge in [0.2, 0.25) is 23.6 Å². The van der Waals surface area contributed by atoms with Gasteiger partial charge in [0.1, 0.15) is 29.9 Å². The average molecular weight is 512 g/mol. The van der Waals surface area contributed by atoms with Gasteiger partial charge in [-0.2, -0.15) is 0 Å². The fraction of sp³-hybridized carbons (Fsp3) is 0.500. The van der Waals surface area contributed by atoms with Crippen molar-refractivity contribution in [3.63, 3.8) is 0 Å². The number of nitrogens with one attached hydrogen (secondary N) is 3. The Morgan fingerprint density at radius 3 is 1.89 bits per heavy atom. The van der Waals surface area contributed by atoms with E-state index in [1.165, 1.54) is 38.1 Å². The summed E-state index contributed by atoms with van der Waals surface area (Å²) in [4.78, 5) is 60.6. The molecule has 200 valence electrons. The molecule has 36 heavy (non-hydrogen) atoms. The van der Waals surface area contributed by atoms with Crippen LogP contribution in [0.1, 0.15) is 32.3 Å². The summed E-state index contributed by atoms with van der Waals surface area (Å²) in [7, 11) is 0. The lowest BCUT2D eigenvalue weighted by Gasteiger charge is -2.27. The Kier molecular flexibility index (Phi) is 11.7. The average Bonchev–Trinajstić information content (AvgIpc) is 2.79. The van der Waals surface area contributed by atoms with E-state index in [1.807, 2.05) is 0 Å². The molecule has 6 unspecified atom stereocenters. The molecule has 1 aromatic carbocycles. The molecule has 0 saturated carbocycles. The number of aliphatic carboxylic acids is 1. The summed E-state index contributed by atoms with van der Waals surface area (Å²) in [5, 5.41) is 45.2. The zero-order valence-electron chi connectivity index (χ0n) is 19.9. The first-order valence-corrected chi connectivity index (χ1v) is 11.0. The van der Waals surface area contributed by atoms with Crippen molar-refractivity contribution in [3.05, 3.63) is 29.8 Å². The molecule has 0 heterocycles. The fourth-order valence-electron chi connectivity index (χ4n) is 3.03. The van der Waals surface area contributed by atoms with Gasteiger partial charge in [0.25, 0.3) is 0 Å². The molecule has 0 aliphatic rings. The minimum atomic E-state index is -1.57. The lowest BCUT2D eigenvalue weighted by Crippen LogP contribution is -2.61. The maximum absolute atomic E-state index is 13.0. The summed E-state index contributed by atoms with van der Waals surface area (Å²) in [6, 6.07) is -0.205. The SMILES string of the molecule is CC(O)C(N)C(=O)NC(C(=O)NC(Cc1ccc(O)cc1)C(=O)NC(CCC(N)=O)C(=O)O)C(C)O. The first-order valence-electron chi connectivity index (χ1n) is 11.0. The fourth-order valence-corrected chi connectivity index (χ4v) is 3.03. The first kappa shape index (κ1) is 30.3. The summed E-state index contributed by atoms with van der Waals surface area (Å²) in [5.41, 5.74) is 11.1. The van der Waals surface area contributed by atoms with E-state index < -0.39 is 66.0 Å². The van der Waals surface area contributed by atoms with Crippen molar-refractivity contribution in [2.24, 2.45) is 11.5 Å². The molecule has 0 bridgehead atoms. The third-order valence-corrected chi connectivity index (χ3v) is 5.19. The number of amides is 4. The molecule has 1 rings (SSSR count). The number of nitrogens with two attached hydrogens (primary N) is 2. The molecule has 6 atom stereocenters. The standard InChI is InChI=1S/C22H33N5O9/c1-10(28)17(24)20(33)27-18(11(2)29)21(34)26-15(9-12-3-5-13(30)6-4-12)19(32)25-14(22(35)36)7-8-16(23)31/h3-6,10-11,14-15,17-18,28-30H,7-9,24H2,1-2H3,(H2,23,31)(H,25,32)(H,26,34)(H,27,33)(H,35,36). The third-order valence-electron chi connectivity index (χ3n) is 5.19. The molecule has 0 radical (unpaired) electrons. The molecule has 14 nitrogen and oxygen atoms in total. The van der Waals surface area contributed by atoms with E-state index in [4.69, 9.17) is 11.5 Å². The summed E-state index contributed by atoms with van der Waals surface area (Å²) in [5.74, 6) is -5.09. The van der Waals surface area contributed by atoms with Crippen molar-refractivity contribution < 1.29 is 44.4 Å². The Hall–Kier alpha value is -3.75. The van der Waals surface area contributed by atoms with E-state index in [1.54, 1.807) is 0 Å². The molecular formula is C22H33N5O9. The molecule has 0 aliphatic carbocycles. The van der Waals surface area contributed by atoms with Crippen LogP contribution < -0.4 is 27.4 Å². The van der Waals surface area contributed by atoms with Crippen LogP contribution in [0, 0.1) is 0 Å². The number of hydrogen-bond donors (Lipinski definition) is 9. The van der Waals surface area contributed by atoms with E-state index >= 15 is 0 Å². The maximum atomic E-state index is 13.0. The second kappa shape index (κ2) is 14.0. The highest BCUT2D eigenvalue weighted by Crippen LogP contribution is 2.12. The van der Waals surface area contributed by atoms with Crippen molar-refractivity contribution in [1.82, 2.24) is 16.0 Å². The maximum Gasteiger partial charge on any atom is 0.326 e. The number of primary amides is 1. The van der Waals surface area contributed by atoms with E-state index in [0.29, 0.717) is 5.56 Å². The van der Waals surface area contributed by atoms with Gasteiger partial charge in [0.15, 0.2) is 0 Å². The highest BCUT2D eigenvalue weighted by atomic mass is 16.4. The van der Waals surface area contributed by atoms with Gasteiger partial charge in [-0.15, -0.1) is 0 Å². The lowest BCUT2D eigenvalue weighted by molar-refractivity contribution is -0.142. The Balaban J connectivity index is 3.14. The number of rotatable bonds is 14. The third kappa shape index (κ3) is 9.85. The number of carbonyl (C=O) groups excluding carboxylic acids is 4. The minimum absolute atomic E-state index is 0.0486. The minimum Gasteiger partial charge on any atom is -0.508 e. The Labute approximate surface area is 207 Å². The van der Waals surface area contributed by atoms with Crippen LogP contribution in [0.4, 0.5) is 0 Å². The van der Waals surface area contributed by atoms with E-state index in [0.717, 1.165) is 0 Å². The number of benzene rings is 1. The normalized spacial score (nSPS) is 15.9. The molecule has 14 heteroatoms. The van der Waals surface area contributed by atoms with Crippen LogP contribution in [0.2, 0.25) is 0 Å². The number of phenols is 1. The van der Waals surface area contributed by atoms with Gasteiger partial charge in [-0.05, 0) is 38.0 Å². The molecule has 0 aliphatic heterocycles. The van der Waals surface area contributed by atoms with Crippen molar-refractivity contribution >= 4 is 29.6 Å². The van der Waals surface area contributed by atoms with Gasteiger partial charge in [-0.1, -0.05) is 12.1 Å². The van der Waals surface area contributed by atoms with Gasteiger partial charge in [-0.25, -0.2) is 4.79 Å². The monoisotopic (exact) mass is 511 g/mol. The number of carbonyl (C=O) groups is 5. The molecular weight excluding hydrogens is 478 g/mol. The second-order valence-electron chi connectivity index (χ2n) is 8.33. The largest absolute Gasteiger partial charge is 0.508 e. The quantitative estimate of drug-likeness (QED) is 0.121. The second-order valence-corrected chi connectivity index (χ2v) is 8.33. The number of aromatic hydroxyl groups is 1. The number of phenolic OH excluding ortho intramolecular Hbond substituents is 1. The van der Waals surface area contributed by atoms with Crippen LogP contribution in [-0.4, -0.2) is 86.4 Å². The molecule has 0 fully saturated rings. The van der Waals surface area contributed by atoms with Gasteiger partial charge in [-0.3, -0.25) is 19.2 Å². The topological polar surface area (TPSA) is 254 Å². The number of hydrogen-bond acceptors (Lipinski definition) is 9. The number of aliphatic hydroxyl groups excluding tert-OH is 2. The van der Waals surface area contributed by atoms with Crippen LogP contribution in [0.15, 0.2) is 24.3 Å².